The predicted molar refractivity (Wildman–Crippen MR) is 75.0 cm³/mol. The van der Waals surface area contributed by atoms with Gasteiger partial charge in [0.1, 0.15) is 5.75 Å². The minimum atomic E-state index is -0.423. The summed E-state index contributed by atoms with van der Waals surface area (Å²) in [6.07, 6.45) is -0.423. The third kappa shape index (κ3) is 2.90. The van der Waals surface area contributed by atoms with Gasteiger partial charge >= 0.3 is 6.09 Å². The van der Waals surface area contributed by atoms with Gasteiger partial charge in [0.05, 0.1) is 5.69 Å². The van der Waals surface area contributed by atoms with Crippen molar-refractivity contribution < 1.29 is 9.53 Å². The van der Waals surface area contributed by atoms with Gasteiger partial charge in [0.2, 0.25) is 0 Å². The number of para-hydroxylation sites is 2. The Morgan fingerprint density at radius 2 is 1.67 bits per heavy atom. The van der Waals surface area contributed by atoms with Crippen molar-refractivity contribution in [2.45, 2.75) is 0 Å². The number of rotatable bonds is 2. The van der Waals surface area contributed by atoms with Crippen LogP contribution >= 0.6 is 15.9 Å². The lowest BCUT2D eigenvalue weighted by Gasteiger charge is -2.18. The summed E-state index contributed by atoms with van der Waals surface area (Å²) in [5, 5.41) is 0. The van der Waals surface area contributed by atoms with Crippen LogP contribution in [0, 0.1) is 0 Å². The number of benzene rings is 2. The van der Waals surface area contributed by atoms with Gasteiger partial charge in [-0.05, 0) is 40.2 Å². The molecule has 0 unspecified atom stereocenters. The molecule has 0 aliphatic carbocycles. The molecule has 18 heavy (non-hydrogen) atoms. The Bertz CT molecular complexity index is 543. The van der Waals surface area contributed by atoms with E-state index in [1.54, 1.807) is 19.2 Å². The maximum Gasteiger partial charge on any atom is 0.419 e. The Morgan fingerprint density at radius 1 is 1.06 bits per heavy atom. The molecule has 0 aliphatic heterocycles. The van der Waals surface area contributed by atoms with Crippen molar-refractivity contribution in [3.8, 4) is 5.75 Å². The molecule has 2 aromatic carbocycles. The van der Waals surface area contributed by atoms with Crippen LogP contribution in [-0.2, 0) is 0 Å². The van der Waals surface area contributed by atoms with Gasteiger partial charge in [-0.25, -0.2) is 4.79 Å². The molecule has 0 atom stereocenters. The highest BCUT2D eigenvalue weighted by molar-refractivity contribution is 9.10. The summed E-state index contributed by atoms with van der Waals surface area (Å²) in [5.74, 6) is 0.529. The summed E-state index contributed by atoms with van der Waals surface area (Å²) in [5.41, 5.74) is 0.762. The zero-order chi connectivity index (χ0) is 13.0. The number of hydrogen-bond acceptors (Lipinski definition) is 2. The Hall–Kier alpha value is -1.81. The molecule has 92 valence electrons. The van der Waals surface area contributed by atoms with Gasteiger partial charge in [0.25, 0.3) is 0 Å². The fourth-order valence-corrected chi connectivity index (χ4v) is 2.03. The maximum atomic E-state index is 11.9. The molecular weight excluding hydrogens is 294 g/mol. The van der Waals surface area contributed by atoms with E-state index in [9.17, 15) is 4.79 Å². The fourth-order valence-electron chi connectivity index (χ4n) is 1.48. The monoisotopic (exact) mass is 305 g/mol. The highest BCUT2D eigenvalue weighted by Crippen LogP contribution is 2.25. The minimum Gasteiger partial charge on any atom is -0.410 e. The third-order valence-corrected chi connectivity index (χ3v) is 3.11. The van der Waals surface area contributed by atoms with E-state index in [4.69, 9.17) is 4.74 Å². The second-order valence-electron chi connectivity index (χ2n) is 3.69. The fraction of sp³-hybridized carbons (Fsp3) is 0.0714. The molecular formula is C14H12BrNO2. The topological polar surface area (TPSA) is 29.5 Å². The van der Waals surface area contributed by atoms with E-state index in [2.05, 4.69) is 15.9 Å². The summed E-state index contributed by atoms with van der Waals surface area (Å²) in [6, 6.07) is 16.5. The summed E-state index contributed by atoms with van der Waals surface area (Å²) in [6.45, 7) is 0. The minimum absolute atomic E-state index is 0.423. The van der Waals surface area contributed by atoms with E-state index >= 15 is 0 Å². The second kappa shape index (κ2) is 5.69. The van der Waals surface area contributed by atoms with Crippen LogP contribution in [0.15, 0.2) is 59.1 Å². The van der Waals surface area contributed by atoms with Crippen LogP contribution in [0.1, 0.15) is 0 Å². The largest absolute Gasteiger partial charge is 0.419 e. The standard InChI is InChI=1S/C14H12BrNO2/c1-16(13-10-6-5-9-12(13)15)14(17)18-11-7-3-2-4-8-11/h2-10H,1H3. The Labute approximate surface area is 114 Å². The van der Waals surface area contributed by atoms with Crippen molar-refractivity contribution in [1.29, 1.82) is 0 Å². The number of nitrogens with zero attached hydrogens (tertiary/aromatic N) is 1. The van der Waals surface area contributed by atoms with Crippen LogP contribution in [0.25, 0.3) is 0 Å². The average Bonchev–Trinajstić information content (AvgIpc) is 2.39. The van der Waals surface area contributed by atoms with E-state index < -0.39 is 6.09 Å². The van der Waals surface area contributed by atoms with Crippen LogP contribution in [0.2, 0.25) is 0 Å². The summed E-state index contributed by atoms with van der Waals surface area (Å²) < 4.78 is 6.10. The lowest BCUT2D eigenvalue weighted by Crippen LogP contribution is -2.29. The van der Waals surface area contributed by atoms with E-state index in [0.29, 0.717) is 5.75 Å². The number of carbonyl (C=O) groups excluding carboxylic acids is 1. The van der Waals surface area contributed by atoms with Crippen LogP contribution in [0.5, 0.6) is 5.75 Å². The number of amides is 1. The molecule has 0 saturated heterocycles. The molecule has 0 saturated carbocycles. The van der Waals surface area contributed by atoms with Gasteiger partial charge in [-0.1, -0.05) is 30.3 Å². The number of anilines is 1. The molecule has 0 N–H and O–H groups in total. The molecule has 2 aromatic rings. The molecule has 4 heteroatoms. The van der Waals surface area contributed by atoms with Crippen LogP contribution in [0.3, 0.4) is 0 Å². The van der Waals surface area contributed by atoms with Crippen LogP contribution < -0.4 is 9.64 Å². The second-order valence-corrected chi connectivity index (χ2v) is 4.55. The van der Waals surface area contributed by atoms with Crippen molar-refractivity contribution in [3.05, 3.63) is 59.1 Å². The maximum absolute atomic E-state index is 11.9. The van der Waals surface area contributed by atoms with Crippen molar-refractivity contribution >= 4 is 27.7 Å². The molecule has 2 rings (SSSR count). The first-order valence-electron chi connectivity index (χ1n) is 5.43. The van der Waals surface area contributed by atoms with Crippen molar-refractivity contribution in [2.24, 2.45) is 0 Å². The number of halogens is 1. The molecule has 0 bridgehead atoms. The van der Waals surface area contributed by atoms with Gasteiger partial charge in [0.15, 0.2) is 0 Å². The third-order valence-electron chi connectivity index (χ3n) is 2.44. The lowest BCUT2D eigenvalue weighted by atomic mass is 10.3. The molecule has 0 fully saturated rings. The molecule has 1 amide bonds. The normalized spacial score (nSPS) is 9.89. The predicted octanol–water partition coefficient (Wildman–Crippen LogP) is 4.08. The lowest BCUT2D eigenvalue weighted by molar-refractivity contribution is 0.209. The molecule has 0 heterocycles. The summed E-state index contributed by atoms with van der Waals surface area (Å²) in [4.78, 5) is 13.4. The smallest absolute Gasteiger partial charge is 0.410 e. The molecule has 0 aliphatic rings. The number of ether oxygens (including phenoxy) is 1. The first kappa shape index (κ1) is 12.6. The van der Waals surface area contributed by atoms with Gasteiger partial charge in [-0.15, -0.1) is 0 Å². The van der Waals surface area contributed by atoms with E-state index in [-0.39, 0.29) is 0 Å². The summed E-state index contributed by atoms with van der Waals surface area (Å²) >= 11 is 3.40. The first-order chi connectivity index (χ1) is 8.68. The van der Waals surface area contributed by atoms with Gasteiger partial charge in [-0.3, -0.25) is 4.90 Å². The Kier molecular flexibility index (Phi) is 3.99. The highest BCUT2D eigenvalue weighted by Gasteiger charge is 2.15. The SMILES string of the molecule is CN(C(=O)Oc1ccccc1)c1ccccc1Br. The van der Waals surface area contributed by atoms with Crippen molar-refractivity contribution in [2.75, 3.05) is 11.9 Å². The molecule has 0 spiro atoms. The van der Waals surface area contributed by atoms with Crippen molar-refractivity contribution in [1.82, 2.24) is 0 Å². The Morgan fingerprint density at radius 3 is 2.33 bits per heavy atom. The average molecular weight is 306 g/mol. The quantitative estimate of drug-likeness (QED) is 0.836. The van der Waals surface area contributed by atoms with Crippen LogP contribution in [-0.4, -0.2) is 13.1 Å². The zero-order valence-corrected chi connectivity index (χ0v) is 11.4. The van der Waals surface area contributed by atoms with Gasteiger partial charge in [0, 0.05) is 11.5 Å². The van der Waals surface area contributed by atoms with Crippen molar-refractivity contribution in [3.63, 3.8) is 0 Å². The molecule has 3 nitrogen and oxygen atoms in total. The zero-order valence-electron chi connectivity index (χ0n) is 9.84. The van der Waals surface area contributed by atoms with Gasteiger partial charge < -0.3 is 4.74 Å². The van der Waals surface area contributed by atoms with Gasteiger partial charge in [-0.2, -0.15) is 0 Å². The summed E-state index contributed by atoms with van der Waals surface area (Å²) in [7, 11) is 1.67. The first-order valence-corrected chi connectivity index (χ1v) is 6.23. The molecule has 0 aromatic heterocycles. The Balaban J connectivity index is 2.13. The van der Waals surface area contributed by atoms with Crippen LogP contribution in [0.4, 0.5) is 10.5 Å². The number of hydrogen-bond donors (Lipinski definition) is 0. The van der Waals surface area contributed by atoms with E-state index in [0.717, 1.165) is 10.2 Å². The highest BCUT2D eigenvalue weighted by atomic mass is 79.9. The van der Waals surface area contributed by atoms with E-state index in [1.165, 1.54) is 4.90 Å². The molecule has 0 radical (unpaired) electrons. The number of carbonyl (C=O) groups is 1. The van der Waals surface area contributed by atoms with E-state index in [1.807, 2.05) is 42.5 Å².